The van der Waals surface area contributed by atoms with Gasteiger partial charge in [0, 0.05) is 19.0 Å². The van der Waals surface area contributed by atoms with Crippen LogP contribution in [0.5, 0.6) is 0 Å². The lowest BCUT2D eigenvalue weighted by atomic mass is 9.96. The van der Waals surface area contributed by atoms with Crippen LogP contribution in [0, 0.1) is 6.92 Å². The molecule has 1 heterocycles. The summed E-state index contributed by atoms with van der Waals surface area (Å²) in [7, 11) is 0. The minimum absolute atomic E-state index is 0.106. The third-order valence-electron chi connectivity index (χ3n) is 3.58. The van der Waals surface area contributed by atoms with Crippen LogP contribution in [0.15, 0.2) is 0 Å². The zero-order valence-electron chi connectivity index (χ0n) is 12.9. The van der Waals surface area contributed by atoms with E-state index >= 15 is 0 Å². The smallest absolute Gasteiger partial charge is 0.315 e. The van der Waals surface area contributed by atoms with Gasteiger partial charge in [0.2, 0.25) is 11.0 Å². The van der Waals surface area contributed by atoms with Crippen LogP contribution < -0.4 is 16.0 Å². The van der Waals surface area contributed by atoms with Gasteiger partial charge < -0.3 is 16.0 Å². The first-order chi connectivity index (χ1) is 10.6. The van der Waals surface area contributed by atoms with E-state index < -0.39 is 0 Å². The van der Waals surface area contributed by atoms with Crippen molar-refractivity contribution >= 4 is 28.4 Å². The van der Waals surface area contributed by atoms with Crippen molar-refractivity contribution in [2.24, 2.45) is 0 Å². The van der Waals surface area contributed by atoms with Gasteiger partial charge in [0.1, 0.15) is 5.01 Å². The Labute approximate surface area is 134 Å². The number of aryl methyl sites for hydroxylation is 1. The number of amides is 3. The van der Waals surface area contributed by atoms with E-state index in [0.29, 0.717) is 30.6 Å². The van der Waals surface area contributed by atoms with Gasteiger partial charge in [0.15, 0.2) is 0 Å². The number of hydrogen-bond donors (Lipinski definition) is 3. The fourth-order valence-electron chi connectivity index (χ4n) is 2.46. The molecule has 0 aliphatic heterocycles. The van der Waals surface area contributed by atoms with E-state index in [2.05, 4.69) is 26.1 Å². The lowest BCUT2D eigenvalue weighted by Gasteiger charge is -2.22. The molecule has 0 atom stereocenters. The average Bonchev–Trinajstić information content (AvgIpc) is 2.90. The zero-order valence-corrected chi connectivity index (χ0v) is 13.7. The molecule has 1 aliphatic rings. The largest absolute Gasteiger partial charge is 0.338 e. The van der Waals surface area contributed by atoms with E-state index in [-0.39, 0.29) is 11.9 Å². The summed E-state index contributed by atoms with van der Waals surface area (Å²) in [5.41, 5.74) is 0. The molecule has 8 heteroatoms. The van der Waals surface area contributed by atoms with E-state index in [1.54, 1.807) is 0 Å². The van der Waals surface area contributed by atoms with Crippen LogP contribution in [0.1, 0.15) is 50.0 Å². The van der Waals surface area contributed by atoms with Gasteiger partial charge in [-0.3, -0.25) is 4.79 Å². The maximum absolute atomic E-state index is 11.7. The van der Waals surface area contributed by atoms with Crippen LogP contribution >= 0.6 is 11.3 Å². The highest BCUT2D eigenvalue weighted by Crippen LogP contribution is 2.17. The zero-order chi connectivity index (χ0) is 15.8. The first-order valence-electron chi connectivity index (χ1n) is 7.78. The second kappa shape index (κ2) is 8.67. The number of rotatable bonds is 6. The number of nitrogens with zero attached hydrogens (tertiary/aromatic N) is 2. The fourth-order valence-corrected chi connectivity index (χ4v) is 3.07. The molecule has 3 N–H and O–H groups in total. The van der Waals surface area contributed by atoms with E-state index in [0.717, 1.165) is 17.8 Å². The predicted molar refractivity (Wildman–Crippen MR) is 85.9 cm³/mol. The normalized spacial score (nSPS) is 15.3. The summed E-state index contributed by atoms with van der Waals surface area (Å²) < 4.78 is 0. The number of carbonyl (C=O) groups is 2. The summed E-state index contributed by atoms with van der Waals surface area (Å²) in [6.07, 6.45) is 6.73. The summed E-state index contributed by atoms with van der Waals surface area (Å²) in [5.74, 6) is -0.106. The van der Waals surface area contributed by atoms with Gasteiger partial charge in [-0.25, -0.2) is 4.79 Å². The molecule has 3 amide bonds. The van der Waals surface area contributed by atoms with Gasteiger partial charge in [-0.15, -0.1) is 10.2 Å². The predicted octanol–water partition coefficient (Wildman–Crippen LogP) is 2.20. The molecule has 0 radical (unpaired) electrons. The highest BCUT2D eigenvalue weighted by Gasteiger charge is 2.15. The molecule has 22 heavy (non-hydrogen) atoms. The van der Waals surface area contributed by atoms with Crippen molar-refractivity contribution in [3.05, 3.63) is 5.01 Å². The van der Waals surface area contributed by atoms with E-state index in [1.807, 2.05) is 6.92 Å². The molecule has 0 aromatic carbocycles. The highest BCUT2D eigenvalue weighted by molar-refractivity contribution is 7.15. The van der Waals surface area contributed by atoms with Crippen molar-refractivity contribution in [1.82, 2.24) is 20.8 Å². The van der Waals surface area contributed by atoms with Crippen molar-refractivity contribution in [2.75, 3.05) is 11.9 Å². The number of aromatic nitrogens is 2. The number of nitrogens with one attached hydrogen (secondary N) is 3. The van der Waals surface area contributed by atoms with Crippen molar-refractivity contribution in [3.8, 4) is 0 Å². The Morgan fingerprint density at radius 2 is 2.00 bits per heavy atom. The summed E-state index contributed by atoms with van der Waals surface area (Å²) in [5, 5.41) is 17.5. The Bertz CT molecular complexity index is 499. The van der Waals surface area contributed by atoms with Crippen LogP contribution in [-0.2, 0) is 4.79 Å². The summed E-state index contributed by atoms with van der Waals surface area (Å²) in [6, 6.07) is 0.171. The lowest BCUT2D eigenvalue weighted by molar-refractivity contribution is -0.116. The second-order valence-corrected chi connectivity index (χ2v) is 6.69. The van der Waals surface area contributed by atoms with Crippen molar-refractivity contribution in [2.45, 2.75) is 57.9 Å². The fraction of sp³-hybridized carbons (Fsp3) is 0.714. The number of carbonyl (C=O) groups excluding carboxylic acids is 2. The Morgan fingerprint density at radius 3 is 2.68 bits per heavy atom. The standard InChI is InChI=1S/C14H23N5O2S/c1-10-18-19-14(22-10)17-12(20)8-5-9-15-13(21)16-11-6-3-2-4-7-11/h11H,2-9H2,1H3,(H2,15,16,21)(H,17,19,20). The molecule has 1 saturated carbocycles. The molecule has 1 fully saturated rings. The average molecular weight is 325 g/mol. The van der Waals surface area contributed by atoms with Crippen LogP contribution in [0.2, 0.25) is 0 Å². The molecular formula is C14H23N5O2S. The monoisotopic (exact) mass is 325 g/mol. The highest BCUT2D eigenvalue weighted by atomic mass is 32.1. The van der Waals surface area contributed by atoms with Crippen molar-refractivity contribution < 1.29 is 9.59 Å². The van der Waals surface area contributed by atoms with Crippen molar-refractivity contribution in [3.63, 3.8) is 0 Å². The maximum Gasteiger partial charge on any atom is 0.315 e. The Kier molecular flexibility index (Phi) is 6.57. The van der Waals surface area contributed by atoms with Crippen LogP contribution in [0.25, 0.3) is 0 Å². The molecule has 0 bridgehead atoms. The van der Waals surface area contributed by atoms with E-state index in [4.69, 9.17) is 0 Å². The van der Waals surface area contributed by atoms with Gasteiger partial charge in [-0.1, -0.05) is 30.6 Å². The summed E-state index contributed by atoms with van der Waals surface area (Å²) in [4.78, 5) is 23.4. The molecular weight excluding hydrogens is 302 g/mol. The quantitative estimate of drug-likeness (QED) is 0.699. The summed E-state index contributed by atoms with van der Waals surface area (Å²) in [6.45, 7) is 2.32. The van der Waals surface area contributed by atoms with Gasteiger partial charge in [0.05, 0.1) is 0 Å². The molecule has 0 spiro atoms. The molecule has 122 valence electrons. The van der Waals surface area contributed by atoms with Gasteiger partial charge >= 0.3 is 6.03 Å². The Hall–Kier alpha value is -1.70. The first-order valence-corrected chi connectivity index (χ1v) is 8.59. The molecule has 2 rings (SSSR count). The SMILES string of the molecule is Cc1nnc(NC(=O)CCCNC(=O)NC2CCCCC2)s1. The molecule has 1 aromatic rings. The number of urea groups is 1. The maximum atomic E-state index is 11.7. The minimum Gasteiger partial charge on any atom is -0.338 e. The van der Waals surface area contributed by atoms with Gasteiger partial charge in [-0.05, 0) is 26.2 Å². The number of hydrogen-bond acceptors (Lipinski definition) is 5. The molecule has 0 saturated heterocycles. The van der Waals surface area contributed by atoms with Gasteiger partial charge in [-0.2, -0.15) is 0 Å². The summed E-state index contributed by atoms with van der Waals surface area (Å²) >= 11 is 1.35. The minimum atomic E-state index is -0.132. The second-order valence-electron chi connectivity index (χ2n) is 5.51. The molecule has 0 unspecified atom stereocenters. The number of anilines is 1. The molecule has 7 nitrogen and oxygen atoms in total. The first kappa shape index (κ1) is 16.7. The molecule has 1 aromatic heterocycles. The topological polar surface area (TPSA) is 96.0 Å². The molecule has 1 aliphatic carbocycles. The lowest BCUT2D eigenvalue weighted by Crippen LogP contribution is -2.43. The van der Waals surface area contributed by atoms with Crippen LogP contribution in [-0.4, -0.2) is 34.7 Å². The van der Waals surface area contributed by atoms with Crippen LogP contribution in [0.4, 0.5) is 9.93 Å². The van der Waals surface area contributed by atoms with Crippen LogP contribution in [0.3, 0.4) is 0 Å². The third-order valence-corrected chi connectivity index (χ3v) is 4.33. The Morgan fingerprint density at radius 1 is 1.23 bits per heavy atom. The third kappa shape index (κ3) is 5.97. The Balaban J connectivity index is 1.54. The van der Waals surface area contributed by atoms with Crippen molar-refractivity contribution in [1.29, 1.82) is 0 Å². The van der Waals surface area contributed by atoms with E-state index in [9.17, 15) is 9.59 Å². The van der Waals surface area contributed by atoms with E-state index in [1.165, 1.54) is 30.6 Å². The van der Waals surface area contributed by atoms with Gasteiger partial charge in [0.25, 0.3) is 0 Å².